The molecule has 0 saturated heterocycles. The molecule has 1 heterocycles. The second kappa shape index (κ2) is 8.57. The number of thiophene rings is 1. The predicted molar refractivity (Wildman–Crippen MR) is 146 cm³/mol. The van der Waals surface area contributed by atoms with Crippen molar-refractivity contribution in [1.29, 1.82) is 0 Å². The highest BCUT2D eigenvalue weighted by Gasteiger charge is 2.51. The van der Waals surface area contributed by atoms with Gasteiger partial charge in [0.2, 0.25) is 0 Å². The molecule has 4 aromatic carbocycles. The minimum absolute atomic E-state index is 0.0316. The van der Waals surface area contributed by atoms with Crippen LogP contribution in [0.15, 0.2) is 102 Å². The van der Waals surface area contributed by atoms with E-state index in [0.717, 1.165) is 0 Å². The average molecular weight is 467 g/mol. The molecule has 5 aromatic rings. The van der Waals surface area contributed by atoms with Gasteiger partial charge < -0.3 is 4.43 Å². The lowest BCUT2D eigenvalue weighted by Crippen LogP contribution is -2.66. The van der Waals surface area contributed by atoms with E-state index in [1.54, 1.807) is 0 Å². The molecule has 33 heavy (non-hydrogen) atoms. The van der Waals surface area contributed by atoms with Crippen LogP contribution in [0.2, 0.25) is 5.04 Å². The second-order valence-corrected chi connectivity index (χ2v) is 14.9. The van der Waals surface area contributed by atoms with Crippen molar-refractivity contribution < 1.29 is 4.43 Å². The summed E-state index contributed by atoms with van der Waals surface area (Å²) in [7, 11) is -2.62. The van der Waals surface area contributed by atoms with Gasteiger partial charge >= 0.3 is 0 Å². The predicted octanol–water partition coefficient (Wildman–Crippen LogP) is 7.69. The molecule has 5 rings (SSSR count). The Hall–Kier alpha value is -2.72. The van der Waals surface area contributed by atoms with Gasteiger partial charge in [-0.25, -0.2) is 0 Å². The zero-order chi connectivity index (χ0) is 23.1. The standard InChI is InChI=1S/C30H30OSSi/c1-22(27-21-32-28-20-19-23-13-11-12-18-26(23)29(27)28)31-33(30(2,3)4,24-14-7-5-8-15-24)25-16-9-6-10-17-25/h5-22H,1-4H3/t22-/m1/s1. The lowest BCUT2D eigenvalue weighted by atomic mass is 10.0. The van der Waals surface area contributed by atoms with Crippen LogP contribution in [0.3, 0.4) is 0 Å². The van der Waals surface area contributed by atoms with Crippen molar-refractivity contribution in [2.45, 2.75) is 38.8 Å². The van der Waals surface area contributed by atoms with Crippen LogP contribution in [0.5, 0.6) is 0 Å². The summed E-state index contributed by atoms with van der Waals surface area (Å²) in [5.74, 6) is 0. The molecular weight excluding hydrogens is 436 g/mol. The molecule has 0 saturated carbocycles. The molecule has 0 radical (unpaired) electrons. The van der Waals surface area contributed by atoms with Crippen LogP contribution in [0.25, 0.3) is 20.9 Å². The van der Waals surface area contributed by atoms with Crippen LogP contribution >= 0.6 is 11.3 Å². The Kier molecular flexibility index (Phi) is 5.73. The third kappa shape index (κ3) is 3.74. The summed E-state index contributed by atoms with van der Waals surface area (Å²) in [4.78, 5) is 0. The first-order valence-corrected chi connectivity index (χ1v) is 14.4. The van der Waals surface area contributed by atoms with Crippen LogP contribution in [0.1, 0.15) is 39.4 Å². The molecule has 0 fully saturated rings. The molecule has 0 aliphatic rings. The van der Waals surface area contributed by atoms with Crippen molar-refractivity contribution in [1.82, 2.24) is 0 Å². The Morgan fingerprint density at radius 3 is 1.91 bits per heavy atom. The fraction of sp³-hybridized carbons (Fsp3) is 0.200. The summed E-state index contributed by atoms with van der Waals surface area (Å²) >= 11 is 1.82. The van der Waals surface area contributed by atoms with Gasteiger partial charge in [0.15, 0.2) is 0 Å². The third-order valence-electron chi connectivity index (χ3n) is 6.70. The summed E-state index contributed by atoms with van der Waals surface area (Å²) in [6.07, 6.45) is -0.0316. The Morgan fingerprint density at radius 1 is 0.727 bits per heavy atom. The van der Waals surface area contributed by atoms with Crippen molar-refractivity contribution in [2.75, 3.05) is 0 Å². The average Bonchev–Trinajstić information content (AvgIpc) is 3.28. The van der Waals surface area contributed by atoms with Crippen molar-refractivity contribution in [3.63, 3.8) is 0 Å². The van der Waals surface area contributed by atoms with Crippen molar-refractivity contribution in [3.05, 3.63) is 108 Å². The van der Waals surface area contributed by atoms with Gasteiger partial charge in [-0.05, 0) is 50.1 Å². The molecule has 0 aliphatic heterocycles. The fourth-order valence-corrected chi connectivity index (χ4v) is 10.9. The molecule has 3 heteroatoms. The van der Waals surface area contributed by atoms with Gasteiger partial charge in [0, 0.05) is 10.1 Å². The molecule has 0 N–H and O–H groups in total. The number of hydrogen-bond acceptors (Lipinski definition) is 2. The number of rotatable bonds is 5. The van der Waals surface area contributed by atoms with Gasteiger partial charge in [-0.15, -0.1) is 11.3 Å². The monoisotopic (exact) mass is 466 g/mol. The first-order chi connectivity index (χ1) is 15.9. The van der Waals surface area contributed by atoms with Gasteiger partial charge in [0.05, 0.1) is 6.10 Å². The van der Waals surface area contributed by atoms with E-state index in [0.29, 0.717) is 0 Å². The Bertz CT molecular complexity index is 1340. The summed E-state index contributed by atoms with van der Waals surface area (Å²) in [5.41, 5.74) is 1.29. The van der Waals surface area contributed by atoms with E-state index < -0.39 is 8.32 Å². The van der Waals surface area contributed by atoms with Gasteiger partial charge in [-0.3, -0.25) is 0 Å². The summed E-state index contributed by atoms with van der Waals surface area (Å²) in [6, 6.07) is 35.0. The van der Waals surface area contributed by atoms with E-state index in [4.69, 9.17) is 4.43 Å². The second-order valence-electron chi connectivity index (χ2n) is 9.77. The van der Waals surface area contributed by atoms with Gasteiger partial charge in [0.1, 0.15) is 0 Å². The molecule has 0 amide bonds. The number of fused-ring (bicyclic) bond motifs is 3. The van der Waals surface area contributed by atoms with E-state index in [-0.39, 0.29) is 11.1 Å². The van der Waals surface area contributed by atoms with Crippen molar-refractivity contribution in [2.24, 2.45) is 0 Å². The van der Waals surface area contributed by atoms with Crippen LogP contribution < -0.4 is 10.4 Å². The Morgan fingerprint density at radius 2 is 1.30 bits per heavy atom. The van der Waals surface area contributed by atoms with E-state index in [1.807, 2.05) is 11.3 Å². The first-order valence-electron chi connectivity index (χ1n) is 11.6. The van der Waals surface area contributed by atoms with Crippen LogP contribution in [0.4, 0.5) is 0 Å². The lowest BCUT2D eigenvalue weighted by molar-refractivity contribution is 0.212. The molecule has 0 aliphatic carbocycles. The van der Waals surface area contributed by atoms with E-state index >= 15 is 0 Å². The molecule has 0 unspecified atom stereocenters. The van der Waals surface area contributed by atoms with E-state index in [9.17, 15) is 0 Å². The van der Waals surface area contributed by atoms with Gasteiger partial charge in [-0.2, -0.15) is 0 Å². The highest BCUT2D eigenvalue weighted by atomic mass is 32.1. The Balaban J connectivity index is 1.71. The SMILES string of the molecule is C[C@@H](O[Si](c1ccccc1)(c1ccccc1)C(C)(C)C)c1csc2ccc3ccccc3c12. The van der Waals surface area contributed by atoms with Gasteiger partial charge in [-0.1, -0.05) is 112 Å². The normalized spacial score (nSPS) is 13.5. The van der Waals surface area contributed by atoms with Crippen molar-refractivity contribution in [3.8, 4) is 0 Å². The minimum Gasteiger partial charge on any atom is -0.401 e. The molecule has 1 nitrogen and oxygen atoms in total. The van der Waals surface area contributed by atoms with Crippen LogP contribution in [-0.4, -0.2) is 8.32 Å². The van der Waals surface area contributed by atoms with Crippen molar-refractivity contribution >= 4 is 50.9 Å². The maximum atomic E-state index is 7.42. The third-order valence-corrected chi connectivity index (χ3v) is 12.8. The minimum atomic E-state index is -2.62. The van der Waals surface area contributed by atoms with E-state index in [2.05, 4.69) is 130 Å². The highest BCUT2D eigenvalue weighted by molar-refractivity contribution is 7.17. The summed E-state index contributed by atoms with van der Waals surface area (Å²) < 4.78 is 8.74. The largest absolute Gasteiger partial charge is 0.401 e. The molecule has 166 valence electrons. The maximum absolute atomic E-state index is 7.42. The van der Waals surface area contributed by atoms with Crippen LogP contribution in [0, 0.1) is 0 Å². The maximum Gasteiger partial charge on any atom is 0.261 e. The molecule has 0 bridgehead atoms. The smallest absolute Gasteiger partial charge is 0.261 e. The molecule has 1 aromatic heterocycles. The molecule has 0 spiro atoms. The van der Waals surface area contributed by atoms with Crippen LogP contribution in [-0.2, 0) is 4.43 Å². The fourth-order valence-electron chi connectivity index (χ4n) is 5.15. The quantitative estimate of drug-likeness (QED) is 0.241. The number of hydrogen-bond donors (Lipinski definition) is 0. The zero-order valence-electron chi connectivity index (χ0n) is 19.7. The lowest BCUT2D eigenvalue weighted by Gasteiger charge is -2.44. The number of benzene rings is 4. The Labute approximate surface area is 201 Å². The zero-order valence-corrected chi connectivity index (χ0v) is 21.5. The molecule has 1 atom stereocenters. The topological polar surface area (TPSA) is 9.23 Å². The van der Waals surface area contributed by atoms with Gasteiger partial charge in [0.25, 0.3) is 8.32 Å². The van der Waals surface area contributed by atoms with E-state index in [1.165, 1.54) is 36.8 Å². The highest BCUT2D eigenvalue weighted by Crippen LogP contribution is 2.43. The summed E-state index contributed by atoms with van der Waals surface area (Å²) in [5, 5.41) is 8.83. The summed E-state index contributed by atoms with van der Waals surface area (Å²) in [6.45, 7) is 9.26. The molecular formula is C30H30OSSi. The first kappa shape index (κ1) is 22.1.